The number of rotatable bonds is 5. The van der Waals surface area contributed by atoms with Crippen molar-refractivity contribution in [1.82, 2.24) is 4.90 Å². The zero-order chi connectivity index (χ0) is 16.3. The second-order valence-electron chi connectivity index (χ2n) is 5.63. The third-order valence-electron chi connectivity index (χ3n) is 3.34. The molecule has 0 bridgehead atoms. The number of ether oxygens (including phenoxy) is 3. The van der Waals surface area contributed by atoms with Crippen molar-refractivity contribution in [1.29, 1.82) is 0 Å². The van der Waals surface area contributed by atoms with Crippen molar-refractivity contribution in [3.05, 3.63) is 23.8 Å². The van der Waals surface area contributed by atoms with Gasteiger partial charge in [0.1, 0.15) is 0 Å². The molecule has 1 aliphatic heterocycles. The normalized spacial score (nSPS) is 12.6. The van der Waals surface area contributed by atoms with Crippen molar-refractivity contribution < 1.29 is 23.8 Å². The summed E-state index contributed by atoms with van der Waals surface area (Å²) in [7, 11) is 0. The Morgan fingerprint density at radius 3 is 2.41 bits per heavy atom. The molecular weight excluding hydrogens is 286 g/mol. The maximum Gasteiger partial charge on any atom is 0.338 e. The van der Waals surface area contributed by atoms with Gasteiger partial charge in [0.05, 0.1) is 5.56 Å². The summed E-state index contributed by atoms with van der Waals surface area (Å²) in [6.07, 6.45) is 0. The van der Waals surface area contributed by atoms with E-state index in [9.17, 15) is 9.59 Å². The maximum atomic E-state index is 12.2. The first-order valence-electron chi connectivity index (χ1n) is 7.28. The molecule has 0 spiro atoms. The molecule has 1 amide bonds. The second kappa shape index (κ2) is 6.68. The largest absolute Gasteiger partial charge is 0.454 e. The van der Waals surface area contributed by atoms with Crippen LogP contribution in [0.15, 0.2) is 18.2 Å². The van der Waals surface area contributed by atoms with Gasteiger partial charge < -0.3 is 19.1 Å². The van der Waals surface area contributed by atoms with Crippen molar-refractivity contribution in [3.63, 3.8) is 0 Å². The minimum atomic E-state index is -0.556. The highest BCUT2D eigenvalue weighted by atomic mass is 16.7. The molecule has 1 aromatic rings. The predicted molar refractivity (Wildman–Crippen MR) is 80.0 cm³/mol. The zero-order valence-electron chi connectivity index (χ0n) is 13.3. The Kier molecular flexibility index (Phi) is 4.90. The molecular formula is C16H21NO5. The zero-order valence-corrected chi connectivity index (χ0v) is 13.3. The number of amides is 1. The lowest BCUT2D eigenvalue weighted by Gasteiger charge is -2.30. The van der Waals surface area contributed by atoms with E-state index in [1.807, 2.05) is 27.7 Å². The lowest BCUT2D eigenvalue weighted by Crippen LogP contribution is -2.44. The van der Waals surface area contributed by atoms with Gasteiger partial charge in [0.2, 0.25) is 6.79 Å². The standard InChI is InChI=1S/C16H21NO5/c1-10(2)17(11(3)4)15(18)8-20-16(19)12-5-6-13-14(7-12)22-9-21-13/h5-7,10-11H,8-9H2,1-4H3. The molecule has 0 radical (unpaired) electrons. The minimum absolute atomic E-state index is 0.0525. The van der Waals surface area contributed by atoms with Crippen molar-refractivity contribution >= 4 is 11.9 Å². The highest BCUT2D eigenvalue weighted by molar-refractivity contribution is 5.92. The van der Waals surface area contributed by atoms with Crippen molar-refractivity contribution in [2.75, 3.05) is 13.4 Å². The third kappa shape index (κ3) is 3.50. The average molecular weight is 307 g/mol. The van der Waals surface area contributed by atoms with E-state index < -0.39 is 5.97 Å². The molecule has 120 valence electrons. The molecule has 0 saturated heterocycles. The molecule has 6 nitrogen and oxygen atoms in total. The van der Waals surface area contributed by atoms with Crippen molar-refractivity contribution in [2.24, 2.45) is 0 Å². The van der Waals surface area contributed by atoms with E-state index >= 15 is 0 Å². The molecule has 22 heavy (non-hydrogen) atoms. The summed E-state index contributed by atoms with van der Waals surface area (Å²) >= 11 is 0. The quantitative estimate of drug-likeness (QED) is 0.780. The Morgan fingerprint density at radius 1 is 1.14 bits per heavy atom. The van der Waals surface area contributed by atoms with Crippen LogP contribution in [0, 0.1) is 0 Å². The lowest BCUT2D eigenvalue weighted by molar-refractivity contribution is -0.138. The monoisotopic (exact) mass is 307 g/mol. The Bertz CT molecular complexity index is 560. The van der Waals surface area contributed by atoms with E-state index in [2.05, 4.69) is 0 Å². The molecule has 1 aromatic carbocycles. The summed E-state index contributed by atoms with van der Waals surface area (Å²) in [6, 6.07) is 4.89. The second-order valence-corrected chi connectivity index (χ2v) is 5.63. The van der Waals surface area contributed by atoms with Gasteiger partial charge in [0, 0.05) is 12.1 Å². The van der Waals surface area contributed by atoms with E-state index in [0.717, 1.165) is 0 Å². The van der Waals surface area contributed by atoms with Gasteiger partial charge in [0.15, 0.2) is 18.1 Å². The number of hydrogen-bond donors (Lipinski definition) is 0. The number of nitrogens with zero attached hydrogens (tertiary/aromatic N) is 1. The van der Waals surface area contributed by atoms with Crippen LogP contribution in [0.3, 0.4) is 0 Å². The number of fused-ring (bicyclic) bond motifs is 1. The van der Waals surface area contributed by atoms with E-state index in [1.165, 1.54) is 0 Å². The van der Waals surface area contributed by atoms with Crippen LogP contribution < -0.4 is 9.47 Å². The van der Waals surface area contributed by atoms with Gasteiger partial charge in [-0.1, -0.05) is 0 Å². The van der Waals surface area contributed by atoms with Crippen LogP contribution in [0.1, 0.15) is 38.1 Å². The van der Waals surface area contributed by atoms with Crippen molar-refractivity contribution in [2.45, 2.75) is 39.8 Å². The van der Waals surface area contributed by atoms with Crippen LogP contribution in [0.5, 0.6) is 11.5 Å². The summed E-state index contributed by atoms with van der Waals surface area (Å²) < 4.78 is 15.5. The molecule has 0 atom stereocenters. The fourth-order valence-electron chi connectivity index (χ4n) is 2.48. The van der Waals surface area contributed by atoms with Crippen LogP contribution >= 0.6 is 0 Å². The van der Waals surface area contributed by atoms with E-state index in [1.54, 1.807) is 23.1 Å². The summed E-state index contributed by atoms with van der Waals surface area (Å²) in [5.41, 5.74) is 0.331. The van der Waals surface area contributed by atoms with Crippen molar-refractivity contribution in [3.8, 4) is 11.5 Å². The Labute approximate surface area is 129 Å². The van der Waals surface area contributed by atoms with Crippen LogP contribution in [-0.4, -0.2) is 42.3 Å². The van der Waals surface area contributed by atoms with Gasteiger partial charge >= 0.3 is 5.97 Å². The number of carbonyl (C=O) groups is 2. The number of benzene rings is 1. The summed E-state index contributed by atoms with van der Waals surface area (Å²) in [6.45, 7) is 7.58. The van der Waals surface area contributed by atoms with E-state index in [-0.39, 0.29) is 31.4 Å². The van der Waals surface area contributed by atoms with Crippen LogP contribution in [0.4, 0.5) is 0 Å². The molecule has 0 aromatic heterocycles. The smallest absolute Gasteiger partial charge is 0.338 e. The van der Waals surface area contributed by atoms with Gasteiger partial charge in [-0.15, -0.1) is 0 Å². The summed E-state index contributed by atoms with van der Waals surface area (Å²) in [4.78, 5) is 25.9. The SMILES string of the molecule is CC(C)N(C(=O)COC(=O)c1ccc2c(c1)OCO2)C(C)C. The van der Waals surface area contributed by atoms with Crippen LogP contribution in [0.25, 0.3) is 0 Å². The molecule has 0 fully saturated rings. The maximum absolute atomic E-state index is 12.2. The number of esters is 1. The molecule has 6 heteroatoms. The van der Waals surface area contributed by atoms with Gasteiger partial charge in [0.25, 0.3) is 5.91 Å². The molecule has 2 rings (SSSR count). The highest BCUT2D eigenvalue weighted by Crippen LogP contribution is 2.32. The van der Waals surface area contributed by atoms with Gasteiger partial charge in [-0.2, -0.15) is 0 Å². The fraction of sp³-hybridized carbons (Fsp3) is 0.500. The number of hydrogen-bond acceptors (Lipinski definition) is 5. The topological polar surface area (TPSA) is 65.1 Å². The van der Waals surface area contributed by atoms with Crippen LogP contribution in [-0.2, 0) is 9.53 Å². The lowest BCUT2D eigenvalue weighted by atomic mass is 10.2. The number of carbonyl (C=O) groups excluding carboxylic acids is 2. The first kappa shape index (κ1) is 16.1. The van der Waals surface area contributed by atoms with Crippen LogP contribution in [0.2, 0.25) is 0 Å². The summed E-state index contributed by atoms with van der Waals surface area (Å²) in [5.74, 6) is 0.336. The summed E-state index contributed by atoms with van der Waals surface area (Å²) in [5, 5.41) is 0. The fourth-order valence-corrected chi connectivity index (χ4v) is 2.48. The molecule has 0 unspecified atom stereocenters. The average Bonchev–Trinajstić information content (AvgIpc) is 2.91. The Balaban J connectivity index is 1.96. The molecule has 0 aliphatic carbocycles. The molecule has 1 aliphatic rings. The van der Waals surface area contributed by atoms with Gasteiger partial charge in [-0.05, 0) is 45.9 Å². The first-order chi connectivity index (χ1) is 10.4. The van der Waals surface area contributed by atoms with Gasteiger partial charge in [-0.3, -0.25) is 4.79 Å². The Morgan fingerprint density at radius 2 is 1.77 bits per heavy atom. The Hall–Kier alpha value is -2.24. The molecule has 1 heterocycles. The van der Waals surface area contributed by atoms with E-state index in [0.29, 0.717) is 17.1 Å². The predicted octanol–water partition coefficient (Wildman–Crippen LogP) is 2.22. The molecule has 0 saturated carbocycles. The highest BCUT2D eigenvalue weighted by Gasteiger charge is 2.22. The first-order valence-corrected chi connectivity index (χ1v) is 7.28. The third-order valence-corrected chi connectivity index (χ3v) is 3.34. The molecule has 0 N–H and O–H groups in total. The minimum Gasteiger partial charge on any atom is -0.454 e. The van der Waals surface area contributed by atoms with Gasteiger partial charge in [-0.25, -0.2) is 4.79 Å². The van der Waals surface area contributed by atoms with E-state index in [4.69, 9.17) is 14.2 Å².